The van der Waals surface area contributed by atoms with Crippen LogP contribution in [0.5, 0.6) is 0 Å². The number of hydrogen-bond donors (Lipinski definition) is 0. The fourth-order valence-electron chi connectivity index (χ4n) is 2.41. The van der Waals surface area contributed by atoms with Gasteiger partial charge in [-0.15, -0.1) is 0 Å². The van der Waals surface area contributed by atoms with Crippen molar-refractivity contribution in [1.29, 1.82) is 0 Å². The van der Waals surface area contributed by atoms with E-state index in [0.717, 1.165) is 34.2 Å². The topological polar surface area (TPSA) is 17.1 Å². The summed E-state index contributed by atoms with van der Waals surface area (Å²) in [5.74, 6) is 0.191. The number of benzene rings is 2. The van der Waals surface area contributed by atoms with Crippen LogP contribution < -0.4 is 0 Å². The Morgan fingerprint density at radius 3 is 2.40 bits per heavy atom. The molecule has 102 valence electrons. The molecule has 0 heterocycles. The van der Waals surface area contributed by atoms with Crippen molar-refractivity contribution in [3.8, 4) is 0 Å². The summed E-state index contributed by atoms with van der Waals surface area (Å²) in [6.07, 6.45) is 1.25. The normalized spacial score (nSPS) is 10.3. The van der Waals surface area contributed by atoms with Crippen LogP contribution >= 0.6 is 12.2 Å². The van der Waals surface area contributed by atoms with Crippen LogP contribution in [0.2, 0.25) is 0 Å². The Hall–Kier alpha value is -1.80. The number of aryl methyl sites for hydroxylation is 3. The van der Waals surface area contributed by atoms with Crippen molar-refractivity contribution in [1.82, 2.24) is 0 Å². The molecule has 0 aliphatic rings. The van der Waals surface area contributed by atoms with Crippen LogP contribution in [0, 0.1) is 13.8 Å². The summed E-state index contributed by atoms with van der Waals surface area (Å²) in [6.45, 7) is 4.04. The number of carbonyl (C=O) groups excluding carboxylic acids is 1. The van der Waals surface area contributed by atoms with Gasteiger partial charge in [0.15, 0.2) is 5.78 Å². The highest BCUT2D eigenvalue weighted by Gasteiger charge is 2.08. The lowest BCUT2D eigenvalue weighted by atomic mass is 9.98. The predicted octanol–water partition coefficient (Wildman–Crippen LogP) is 4.47. The number of rotatable bonds is 5. The van der Waals surface area contributed by atoms with E-state index in [1.165, 1.54) is 0 Å². The first-order chi connectivity index (χ1) is 9.60. The molecule has 0 N–H and O–H groups in total. The summed E-state index contributed by atoms with van der Waals surface area (Å²) in [5.41, 5.74) is 5.25. The van der Waals surface area contributed by atoms with Gasteiger partial charge in [0, 0.05) is 17.4 Å². The third-order valence-corrected chi connectivity index (χ3v) is 3.60. The molecule has 0 saturated heterocycles. The maximum Gasteiger partial charge on any atom is 0.163 e. The van der Waals surface area contributed by atoms with Gasteiger partial charge in [-0.2, -0.15) is 0 Å². The zero-order chi connectivity index (χ0) is 14.5. The molecule has 2 aromatic carbocycles. The quantitative estimate of drug-likeness (QED) is 0.594. The Bertz CT molecular complexity index is 623. The fourth-order valence-corrected chi connectivity index (χ4v) is 2.63. The van der Waals surface area contributed by atoms with Crippen LogP contribution in [0.15, 0.2) is 42.5 Å². The smallest absolute Gasteiger partial charge is 0.163 e. The molecule has 2 heteroatoms. The summed E-state index contributed by atoms with van der Waals surface area (Å²) in [4.78, 5) is 12.3. The maximum atomic E-state index is 12.3. The second-order valence-corrected chi connectivity index (χ2v) is 5.35. The van der Waals surface area contributed by atoms with E-state index in [9.17, 15) is 4.79 Å². The third-order valence-electron chi connectivity index (χ3n) is 3.35. The van der Waals surface area contributed by atoms with E-state index >= 15 is 0 Å². The molecule has 20 heavy (non-hydrogen) atoms. The van der Waals surface area contributed by atoms with E-state index in [4.69, 9.17) is 12.2 Å². The van der Waals surface area contributed by atoms with Gasteiger partial charge < -0.3 is 0 Å². The molecule has 0 spiro atoms. The molecule has 2 rings (SSSR count). The van der Waals surface area contributed by atoms with Gasteiger partial charge in [0.25, 0.3) is 0 Å². The zero-order valence-corrected chi connectivity index (χ0v) is 12.7. The number of thiocarbonyl (C=S) groups is 1. The molecule has 0 amide bonds. The molecule has 0 atom stereocenters. The van der Waals surface area contributed by atoms with E-state index in [1.807, 2.05) is 50.2 Å². The minimum absolute atomic E-state index is 0.191. The maximum absolute atomic E-state index is 12.3. The first-order valence-electron chi connectivity index (χ1n) is 6.75. The van der Waals surface area contributed by atoms with Crippen molar-refractivity contribution in [2.45, 2.75) is 26.7 Å². The van der Waals surface area contributed by atoms with Crippen molar-refractivity contribution in [3.63, 3.8) is 0 Å². The molecule has 0 unspecified atom stereocenters. The van der Waals surface area contributed by atoms with E-state index in [0.29, 0.717) is 6.42 Å². The van der Waals surface area contributed by atoms with Crippen LogP contribution in [0.1, 0.15) is 39.0 Å². The standard InChI is InChI=1S/C18H18OS/c1-13-9-14(2)11-17(10-13)18(19)8-7-15-5-3-4-6-16(15)12-20/h3-6,9-12H,7-8H2,1-2H3. The second kappa shape index (κ2) is 6.58. The van der Waals surface area contributed by atoms with Gasteiger partial charge in [0.1, 0.15) is 0 Å². The summed E-state index contributed by atoms with van der Waals surface area (Å²) in [7, 11) is 0. The van der Waals surface area contributed by atoms with Crippen molar-refractivity contribution in [2.24, 2.45) is 0 Å². The summed E-state index contributed by atoms with van der Waals surface area (Å²) >= 11 is 5.00. The molecule has 0 aliphatic heterocycles. The monoisotopic (exact) mass is 282 g/mol. The highest BCUT2D eigenvalue weighted by atomic mass is 32.1. The van der Waals surface area contributed by atoms with Gasteiger partial charge >= 0.3 is 0 Å². The molecular formula is C18H18OS. The highest BCUT2D eigenvalue weighted by Crippen LogP contribution is 2.14. The van der Waals surface area contributed by atoms with Gasteiger partial charge in [-0.1, -0.05) is 53.7 Å². The zero-order valence-electron chi connectivity index (χ0n) is 11.8. The van der Waals surface area contributed by atoms with Crippen LogP contribution in [0.3, 0.4) is 0 Å². The molecule has 2 aromatic rings. The van der Waals surface area contributed by atoms with Gasteiger partial charge in [-0.25, -0.2) is 0 Å². The van der Waals surface area contributed by atoms with Crippen molar-refractivity contribution >= 4 is 23.4 Å². The Morgan fingerprint density at radius 1 is 1.10 bits per heavy atom. The molecule has 0 aliphatic carbocycles. The van der Waals surface area contributed by atoms with Crippen molar-refractivity contribution < 1.29 is 4.79 Å². The summed E-state index contributed by atoms with van der Waals surface area (Å²) in [6, 6.07) is 14.0. The predicted molar refractivity (Wildman–Crippen MR) is 87.8 cm³/mol. The van der Waals surface area contributed by atoms with Gasteiger partial charge in [-0.3, -0.25) is 4.79 Å². The summed E-state index contributed by atoms with van der Waals surface area (Å²) < 4.78 is 0. The van der Waals surface area contributed by atoms with Crippen LogP contribution in [0.4, 0.5) is 0 Å². The molecule has 0 bridgehead atoms. The van der Waals surface area contributed by atoms with Crippen LogP contribution in [-0.2, 0) is 6.42 Å². The van der Waals surface area contributed by atoms with E-state index in [1.54, 1.807) is 5.37 Å². The lowest BCUT2D eigenvalue weighted by Gasteiger charge is -2.06. The number of ketones is 1. The molecule has 0 aromatic heterocycles. The van der Waals surface area contributed by atoms with E-state index in [-0.39, 0.29) is 5.78 Å². The Balaban J connectivity index is 2.10. The average molecular weight is 282 g/mol. The largest absolute Gasteiger partial charge is 0.294 e. The Labute approximate surface area is 125 Å². The number of hydrogen-bond acceptors (Lipinski definition) is 2. The summed E-state index contributed by atoms with van der Waals surface area (Å²) in [5, 5.41) is 1.68. The minimum atomic E-state index is 0.191. The van der Waals surface area contributed by atoms with Gasteiger partial charge in [0.2, 0.25) is 0 Å². The second-order valence-electron chi connectivity index (χ2n) is 5.12. The number of carbonyl (C=O) groups is 1. The molecule has 0 radical (unpaired) electrons. The molecule has 0 fully saturated rings. The van der Waals surface area contributed by atoms with Gasteiger partial charge in [-0.05, 0) is 43.5 Å². The minimum Gasteiger partial charge on any atom is -0.294 e. The Kier molecular flexibility index (Phi) is 4.80. The molecular weight excluding hydrogens is 264 g/mol. The SMILES string of the molecule is Cc1cc(C)cc(C(=O)CCc2ccccc2C=S)c1. The first kappa shape index (κ1) is 14.6. The van der Waals surface area contributed by atoms with Crippen molar-refractivity contribution in [2.75, 3.05) is 0 Å². The highest BCUT2D eigenvalue weighted by molar-refractivity contribution is 7.79. The fraction of sp³-hybridized carbons (Fsp3) is 0.222. The van der Waals surface area contributed by atoms with Crippen LogP contribution in [-0.4, -0.2) is 11.2 Å². The molecule has 0 saturated carbocycles. The van der Waals surface area contributed by atoms with E-state index < -0.39 is 0 Å². The lowest BCUT2D eigenvalue weighted by molar-refractivity contribution is 0.0982. The van der Waals surface area contributed by atoms with Gasteiger partial charge in [0.05, 0.1) is 0 Å². The lowest BCUT2D eigenvalue weighted by Crippen LogP contribution is -2.03. The third kappa shape index (κ3) is 3.61. The van der Waals surface area contributed by atoms with E-state index in [2.05, 4.69) is 6.07 Å². The number of Topliss-reactive ketones (excluding diaryl/α,β-unsaturated/α-hetero) is 1. The molecule has 1 nitrogen and oxygen atoms in total. The Morgan fingerprint density at radius 2 is 1.75 bits per heavy atom. The van der Waals surface area contributed by atoms with Crippen molar-refractivity contribution in [3.05, 3.63) is 70.3 Å². The van der Waals surface area contributed by atoms with Crippen LogP contribution in [0.25, 0.3) is 0 Å². The first-order valence-corrected chi connectivity index (χ1v) is 7.22. The average Bonchev–Trinajstić information content (AvgIpc) is 2.44.